The second-order valence-corrected chi connectivity index (χ2v) is 5.33. The summed E-state index contributed by atoms with van der Waals surface area (Å²) in [6.45, 7) is 1.94. The highest BCUT2D eigenvalue weighted by atomic mass is 79.9. The summed E-state index contributed by atoms with van der Waals surface area (Å²) in [6, 6.07) is 5.70. The van der Waals surface area contributed by atoms with Gasteiger partial charge in [0.15, 0.2) is 5.69 Å². The molecule has 0 aliphatic rings. The van der Waals surface area contributed by atoms with Crippen LogP contribution in [0.5, 0.6) is 0 Å². The van der Waals surface area contributed by atoms with Gasteiger partial charge in [0.2, 0.25) is 0 Å². The number of anilines is 1. The van der Waals surface area contributed by atoms with E-state index in [0.717, 1.165) is 15.6 Å². The van der Waals surface area contributed by atoms with Crippen LogP contribution in [0.25, 0.3) is 10.6 Å². The molecule has 88 valence electrons. The van der Waals surface area contributed by atoms with Crippen molar-refractivity contribution in [3.05, 3.63) is 33.9 Å². The number of carboxylic acids is 1. The van der Waals surface area contributed by atoms with Crippen molar-refractivity contribution in [1.29, 1.82) is 0 Å². The Balaban J connectivity index is 2.58. The SMILES string of the molecule is Cc1c(Br)cccc1-c1nc(C(=O)O)c(N)s1. The lowest BCUT2D eigenvalue weighted by Gasteiger charge is -2.03. The Bertz CT molecular complexity index is 595. The summed E-state index contributed by atoms with van der Waals surface area (Å²) in [4.78, 5) is 14.9. The van der Waals surface area contributed by atoms with Crippen LogP contribution in [0.15, 0.2) is 22.7 Å². The average Bonchev–Trinajstić information content (AvgIpc) is 2.64. The number of nitrogen functional groups attached to an aromatic ring is 1. The van der Waals surface area contributed by atoms with Crippen molar-refractivity contribution in [2.45, 2.75) is 6.92 Å². The number of hydrogen-bond acceptors (Lipinski definition) is 4. The van der Waals surface area contributed by atoms with Gasteiger partial charge in [-0.1, -0.05) is 39.4 Å². The Labute approximate surface area is 110 Å². The largest absolute Gasteiger partial charge is 0.476 e. The van der Waals surface area contributed by atoms with Crippen molar-refractivity contribution in [2.75, 3.05) is 5.73 Å². The number of carboxylic acid groups (broad SMARTS) is 1. The first-order chi connectivity index (χ1) is 8.00. The van der Waals surface area contributed by atoms with E-state index >= 15 is 0 Å². The Hall–Kier alpha value is -1.40. The molecular weight excluding hydrogens is 304 g/mol. The number of rotatable bonds is 2. The van der Waals surface area contributed by atoms with Crippen molar-refractivity contribution in [1.82, 2.24) is 4.98 Å². The Morgan fingerprint density at radius 3 is 2.82 bits per heavy atom. The highest BCUT2D eigenvalue weighted by Crippen LogP contribution is 2.34. The summed E-state index contributed by atoms with van der Waals surface area (Å²) < 4.78 is 0.959. The van der Waals surface area contributed by atoms with Gasteiger partial charge in [0, 0.05) is 10.0 Å². The molecule has 2 aromatic rings. The minimum atomic E-state index is -1.10. The van der Waals surface area contributed by atoms with Gasteiger partial charge in [-0.25, -0.2) is 9.78 Å². The molecule has 0 saturated heterocycles. The first kappa shape index (κ1) is 12.1. The molecule has 4 nitrogen and oxygen atoms in total. The molecule has 3 N–H and O–H groups in total. The zero-order chi connectivity index (χ0) is 12.6. The quantitative estimate of drug-likeness (QED) is 0.893. The van der Waals surface area contributed by atoms with E-state index in [0.29, 0.717) is 5.01 Å². The Kier molecular flexibility index (Phi) is 3.17. The zero-order valence-electron chi connectivity index (χ0n) is 8.90. The van der Waals surface area contributed by atoms with Crippen molar-refractivity contribution < 1.29 is 9.90 Å². The predicted octanol–water partition coefficient (Wildman–Crippen LogP) is 3.16. The summed E-state index contributed by atoms with van der Waals surface area (Å²) in [6.07, 6.45) is 0. The summed E-state index contributed by atoms with van der Waals surface area (Å²) >= 11 is 4.61. The van der Waals surface area contributed by atoms with Crippen LogP contribution in [0.4, 0.5) is 5.00 Å². The van der Waals surface area contributed by atoms with Crippen LogP contribution in [0.1, 0.15) is 16.1 Å². The summed E-state index contributed by atoms with van der Waals surface area (Å²) in [5.74, 6) is -1.10. The van der Waals surface area contributed by atoms with Gasteiger partial charge in [-0.3, -0.25) is 0 Å². The fourth-order valence-electron chi connectivity index (χ4n) is 1.44. The standard InChI is InChI=1S/C11H9BrN2O2S/c1-5-6(3-2-4-7(5)12)10-14-8(11(15)16)9(13)17-10/h2-4H,13H2,1H3,(H,15,16). The van der Waals surface area contributed by atoms with E-state index in [9.17, 15) is 4.79 Å². The smallest absolute Gasteiger partial charge is 0.357 e. The fourth-order valence-corrected chi connectivity index (χ4v) is 2.71. The average molecular weight is 313 g/mol. The van der Waals surface area contributed by atoms with Gasteiger partial charge in [0.05, 0.1) is 0 Å². The van der Waals surface area contributed by atoms with Gasteiger partial charge in [0.25, 0.3) is 0 Å². The van der Waals surface area contributed by atoms with E-state index in [4.69, 9.17) is 10.8 Å². The third-order valence-electron chi connectivity index (χ3n) is 2.35. The molecule has 0 atom stereocenters. The van der Waals surface area contributed by atoms with Crippen LogP contribution in [0.3, 0.4) is 0 Å². The number of aromatic carboxylic acids is 1. The van der Waals surface area contributed by atoms with Crippen LogP contribution in [-0.4, -0.2) is 16.1 Å². The summed E-state index contributed by atoms with van der Waals surface area (Å²) in [5, 5.41) is 9.76. The molecule has 0 saturated carbocycles. The van der Waals surface area contributed by atoms with Gasteiger partial charge in [-0.15, -0.1) is 0 Å². The molecule has 0 radical (unpaired) electrons. The van der Waals surface area contributed by atoms with E-state index in [1.165, 1.54) is 11.3 Å². The van der Waals surface area contributed by atoms with Gasteiger partial charge < -0.3 is 10.8 Å². The molecule has 2 rings (SSSR count). The molecule has 17 heavy (non-hydrogen) atoms. The van der Waals surface area contributed by atoms with Crippen molar-refractivity contribution >= 4 is 38.2 Å². The van der Waals surface area contributed by atoms with E-state index < -0.39 is 5.97 Å². The van der Waals surface area contributed by atoms with E-state index in [1.54, 1.807) is 0 Å². The number of nitrogens with zero attached hydrogens (tertiary/aromatic N) is 1. The number of carbonyl (C=O) groups is 1. The maximum atomic E-state index is 10.9. The number of halogens is 1. The minimum absolute atomic E-state index is 0.0793. The van der Waals surface area contributed by atoms with Crippen molar-refractivity contribution in [3.63, 3.8) is 0 Å². The van der Waals surface area contributed by atoms with Gasteiger partial charge in [0.1, 0.15) is 10.0 Å². The molecule has 0 amide bonds. The topological polar surface area (TPSA) is 76.2 Å². The Morgan fingerprint density at radius 1 is 1.53 bits per heavy atom. The first-order valence-electron chi connectivity index (χ1n) is 4.75. The van der Waals surface area contributed by atoms with Crippen LogP contribution in [0, 0.1) is 6.92 Å². The first-order valence-corrected chi connectivity index (χ1v) is 6.36. The van der Waals surface area contributed by atoms with E-state index in [1.807, 2.05) is 25.1 Å². The molecule has 0 spiro atoms. The third kappa shape index (κ3) is 2.18. The van der Waals surface area contributed by atoms with E-state index in [2.05, 4.69) is 20.9 Å². The molecule has 0 bridgehead atoms. The lowest BCUT2D eigenvalue weighted by molar-refractivity contribution is 0.0692. The van der Waals surface area contributed by atoms with Crippen molar-refractivity contribution in [3.8, 4) is 10.6 Å². The highest BCUT2D eigenvalue weighted by Gasteiger charge is 2.17. The van der Waals surface area contributed by atoms with Crippen LogP contribution < -0.4 is 5.73 Å². The molecule has 1 heterocycles. The summed E-state index contributed by atoms with van der Waals surface area (Å²) in [7, 11) is 0. The molecule has 1 aromatic carbocycles. The van der Waals surface area contributed by atoms with Gasteiger partial charge in [-0.05, 0) is 18.6 Å². The highest BCUT2D eigenvalue weighted by molar-refractivity contribution is 9.10. The minimum Gasteiger partial charge on any atom is -0.476 e. The normalized spacial score (nSPS) is 10.5. The molecular formula is C11H9BrN2O2S. The van der Waals surface area contributed by atoms with Crippen LogP contribution in [-0.2, 0) is 0 Å². The van der Waals surface area contributed by atoms with Crippen LogP contribution >= 0.6 is 27.3 Å². The lowest BCUT2D eigenvalue weighted by atomic mass is 10.1. The molecule has 0 fully saturated rings. The van der Waals surface area contributed by atoms with Gasteiger partial charge >= 0.3 is 5.97 Å². The molecule has 6 heteroatoms. The lowest BCUT2D eigenvalue weighted by Crippen LogP contribution is -2.00. The molecule has 0 unspecified atom stereocenters. The second kappa shape index (κ2) is 4.46. The third-order valence-corrected chi connectivity index (χ3v) is 4.13. The zero-order valence-corrected chi connectivity index (χ0v) is 11.3. The maximum absolute atomic E-state index is 10.9. The predicted molar refractivity (Wildman–Crippen MR) is 71.4 cm³/mol. The van der Waals surface area contributed by atoms with Crippen LogP contribution in [0.2, 0.25) is 0 Å². The molecule has 0 aliphatic carbocycles. The van der Waals surface area contributed by atoms with E-state index in [-0.39, 0.29) is 10.7 Å². The maximum Gasteiger partial charge on any atom is 0.357 e. The molecule has 0 aliphatic heterocycles. The Morgan fingerprint density at radius 2 is 2.24 bits per heavy atom. The molecule has 1 aromatic heterocycles. The van der Waals surface area contributed by atoms with Gasteiger partial charge in [-0.2, -0.15) is 0 Å². The summed E-state index contributed by atoms with van der Waals surface area (Å²) in [5.41, 5.74) is 7.46. The second-order valence-electron chi connectivity index (χ2n) is 3.45. The monoisotopic (exact) mass is 312 g/mol. The number of hydrogen-bond donors (Lipinski definition) is 2. The fraction of sp³-hybridized carbons (Fsp3) is 0.0909. The number of benzene rings is 1. The van der Waals surface area contributed by atoms with Crippen molar-refractivity contribution in [2.24, 2.45) is 0 Å². The number of thiazole rings is 1. The number of aromatic nitrogens is 1. The number of nitrogens with two attached hydrogens (primary N) is 1.